The number of unbranched alkanes of at least 4 members (excludes halogenated alkanes) is 26. The Labute approximate surface area is 512 Å². The quantitative estimate of drug-likeness (QED) is 0.0261. The molecule has 0 heterocycles. The van der Waals surface area contributed by atoms with E-state index in [0.29, 0.717) is 25.7 Å². The molecule has 0 aromatic heterocycles. The van der Waals surface area contributed by atoms with Crippen LogP contribution in [-0.2, 0) is 28.6 Å². The van der Waals surface area contributed by atoms with Crippen LogP contribution in [0, 0.1) is 0 Å². The summed E-state index contributed by atoms with van der Waals surface area (Å²) in [5.41, 5.74) is 0. The third-order valence-electron chi connectivity index (χ3n) is 14.3. The molecule has 0 bridgehead atoms. The zero-order valence-electron chi connectivity index (χ0n) is 53.9. The van der Waals surface area contributed by atoms with Crippen molar-refractivity contribution in [3.05, 3.63) is 146 Å². The number of hydrogen-bond acceptors (Lipinski definition) is 6. The molecule has 0 aliphatic carbocycles. The lowest BCUT2D eigenvalue weighted by Crippen LogP contribution is -2.30. The summed E-state index contributed by atoms with van der Waals surface area (Å²) in [5, 5.41) is 0. The van der Waals surface area contributed by atoms with Gasteiger partial charge in [-0.1, -0.05) is 282 Å². The van der Waals surface area contributed by atoms with Gasteiger partial charge < -0.3 is 14.2 Å². The average molecular weight is 1150 g/mol. The van der Waals surface area contributed by atoms with Gasteiger partial charge in [0.05, 0.1) is 0 Å². The molecular formula is C77H126O6. The summed E-state index contributed by atoms with van der Waals surface area (Å²) in [6.45, 7) is 6.45. The van der Waals surface area contributed by atoms with Crippen LogP contribution >= 0.6 is 0 Å². The largest absolute Gasteiger partial charge is 0.462 e. The van der Waals surface area contributed by atoms with Crippen LogP contribution < -0.4 is 0 Å². The SMILES string of the molecule is CC/C=C\C/C=C\C/C=C\C/C=C\C/C=C\C/C=C\C/C=C\C/C=C\CCCCC(=O)OCC(COC(=O)CCCCCCC/C=C\C/C=C\CCCCC)OC(=O)CCCCCCCCCCCCC/C=C\C/C=C\CCCCCCC. The molecule has 0 saturated heterocycles. The van der Waals surface area contributed by atoms with Crippen LogP contribution in [0.1, 0.15) is 303 Å². The minimum absolute atomic E-state index is 0.104. The van der Waals surface area contributed by atoms with Crippen LogP contribution in [0.4, 0.5) is 0 Å². The van der Waals surface area contributed by atoms with Crippen LogP contribution in [0.25, 0.3) is 0 Å². The van der Waals surface area contributed by atoms with Crippen LogP contribution in [0.3, 0.4) is 0 Å². The first-order valence-electron chi connectivity index (χ1n) is 34.3. The lowest BCUT2D eigenvalue weighted by molar-refractivity contribution is -0.167. The Morgan fingerprint density at radius 3 is 0.783 bits per heavy atom. The van der Waals surface area contributed by atoms with Crippen molar-refractivity contribution in [3.63, 3.8) is 0 Å². The van der Waals surface area contributed by atoms with Crippen molar-refractivity contribution < 1.29 is 28.6 Å². The van der Waals surface area contributed by atoms with Crippen LogP contribution in [0.5, 0.6) is 0 Å². The van der Waals surface area contributed by atoms with Crippen LogP contribution in [0.15, 0.2) is 146 Å². The van der Waals surface area contributed by atoms with Gasteiger partial charge in [0.2, 0.25) is 0 Å². The summed E-state index contributed by atoms with van der Waals surface area (Å²) in [6.07, 6.45) is 100. The van der Waals surface area contributed by atoms with Gasteiger partial charge in [-0.15, -0.1) is 0 Å². The van der Waals surface area contributed by atoms with E-state index in [1.165, 1.54) is 122 Å². The second-order valence-electron chi connectivity index (χ2n) is 22.3. The van der Waals surface area contributed by atoms with E-state index in [9.17, 15) is 14.4 Å². The van der Waals surface area contributed by atoms with E-state index in [4.69, 9.17) is 14.2 Å². The topological polar surface area (TPSA) is 78.9 Å². The normalized spacial score (nSPS) is 13.0. The Morgan fingerprint density at radius 2 is 0.470 bits per heavy atom. The van der Waals surface area contributed by atoms with Gasteiger partial charge >= 0.3 is 17.9 Å². The van der Waals surface area contributed by atoms with Crippen molar-refractivity contribution in [2.75, 3.05) is 13.2 Å². The van der Waals surface area contributed by atoms with Crippen molar-refractivity contribution in [2.24, 2.45) is 0 Å². The summed E-state index contributed by atoms with van der Waals surface area (Å²) in [4.78, 5) is 38.4. The highest BCUT2D eigenvalue weighted by atomic mass is 16.6. The van der Waals surface area contributed by atoms with Crippen LogP contribution in [0.2, 0.25) is 0 Å². The Morgan fingerprint density at radius 1 is 0.253 bits per heavy atom. The molecule has 0 aromatic rings. The Bertz CT molecular complexity index is 1800. The molecule has 0 aliphatic heterocycles. The Hall–Kier alpha value is -4.71. The molecule has 0 fully saturated rings. The predicted molar refractivity (Wildman–Crippen MR) is 362 cm³/mol. The van der Waals surface area contributed by atoms with Gasteiger partial charge in [-0.25, -0.2) is 0 Å². The van der Waals surface area contributed by atoms with Gasteiger partial charge in [0.15, 0.2) is 6.10 Å². The van der Waals surface area contributed by atoms with Crippen molar-refractivity contribution in [3.8, 4) is 0 Å². The number of carbonyl (C=O) groups is 3. The fourth-order valence-electron chi connectivity index (χ4n) is 9.17. The summed E-state index contributed by atoms with van der Waals surface area (Å²) in [7, 11) is 0. The molecule has 1 atom stereocenters. The smallest absolute Gasteiger partial charge is 0.306 e. The summed E-state index contributed by atoms with van der Waals surface area (Å²) < 4.78 is 16.9. The second kappa shape index (κ2) is 69.8. The Balaban J connectivity index is 4.47. The molecule has 0 amide bonds. The zero-order valence-corrected chi connectivity index (χ0v) is 53.9. The van der Waals surface area contributed by atoms with E-state index in [2.05, 4.69) is 167 Å². The molecule has 0 radical (unpaired) electrons. The van der Waals surface area contributed by atoms with Crippen molar-refractivity contribution in [1.82, 2.24) is 0 Å². The molecule has 1 unspecified atom stereocenters. The van der Waals surface area contributed by atoms with Gasteiger partial charge in [0.25, 0.3) is 0 Å². The molecule has 0 saturated carbocycles. The molecule has 0 aromatic carbocycles. The highest BCUT2D eigenvalue weighted by molar-refractivity contribution is 5.71. The molecule has 83 heavy (non-hydrogen) atoms. The maximum absolute atomic E-state index is 13.0. The van der Waals surface area contributed by atoms with Crippen molar-refractivity contribution >= 4 is 17.9 Å². The van der Waals surface area contributed by atoms with E-state index in [-0.39, 0.29) is 31.1 Å². The van der Waals surface area contributed by atoms with Crippen molar-refractivity contribution in [2.45, 2.75) is 309 Å². The Kier molecular flexibility index (Phi) is 65.8. The molecule has 0 aliphatic rings. The molecular weight excluding hydrogens is 1020 g/mol. The fourth-order valence-corrected chi connectivity index (χ4v) is 9.17. The number of ether oxygens (including phenoxy) is 3. The third kappa shape index (κ3) is 68.0. The van der Waals surface area contributed by atoms with Crippen LogP contribution in [-0.4, -0.2) is 37.2 Å². The second-order valence-corrected chi connectivity index (χ2v) is 22.3. The molecule has 0 N–H and O–H groups in total. The minimum Gasteiger partial charge on any atom is -0.462 e. The fraction of sp³-hybridized carbons (Fsp3) is 0.649. The van der Waals surface area contributed by atoms with Gasteiger partial charge in [0.1, 0.15) is 13.2 Å². The average Bonchev–Trinajstić information content (AvgIpc) is 3.49. The number of esters is 3. The number of rotatable bonds is 61. The first kappa shape index (κ1) is 78.3. The first-order valence-corrected chi connectivity index (χ1v) is 34.3. The van der Waals surface area contributed by atoms with E-state index < -0.39 is 6.10 Å². The molecule has 0 rings (SSSR count). The molecule has 6 heteroatoms. The lowest BCUT2D eigenvalue weighted by atomic mass is 10.0. The summed E-state index contributed by atoms with van der Waals surface area (Å²) in [6, 6.07) is 0. The van der Waals surface area contributed by atoms with Gasteiger partial charge in [-0.3, -0.25) is 14.4 Å². The third-order valence-corrected chi connectivity index (χ3v) is 14.3. The number of hydrogen-bond donors (Lipinski definition) is 0. The van der Waals surface area contributed by atoms with Gasteiger partial charge in [0, 0.05) is 19.3 Å². The predicted octanol–water partition coefficient (Wildman–Crippen LogP) is 23.9. The molecule has 470 valence electrons. The van der Waals surface area contributed by atoms with E-state index in [1.54, 1.807) is 0 Å². The maximum atomic E-state index is 13.0. The van der Waals surface area contributed by atoms with Gasteiger partial charge in [-0.05, 0) is 148 Å². The monoisotopic (exact) mass is 1150 g/mol. The summed E-state index contributed by atoms with van der Waals surface area (Å²) in [5.74, 6) is -0.960. The standard InChI is InChI=1S/C77H126O6/c1-4-7-10-13-16-19-22-25-28-30-32-34-36-37-38-39-41-42-44-46-49-52-55-58-61-64-67-70-76(79)82-73-74(72-81-75(78)69-66-63-60-57-54-51-48-27-24-21-18-15-12-9-6-3)83-77(80)71-68-65-62-59-56-53-50-47-45-43-40-35-33-31-29-26-23-20-17-14-11-8-5-2/h7,10,16,18-19,21,23,25-28,31-34,37-38,41-42,46,48-49,55,58,74H,4-6,8-9,11-15,17,20,22,24,29-30,35-36,39-40,43-45,47,50-54,56-57,59-73H2,1-3H3/b10-7-,19-16-,21-18-,26-23-,28-25-,33-31-,34-32-,38-37-,42-41-,48-27-,49-46-,58-55-. The maximum Gasteiger partial charge on any atom is 0.306 e. The highest BCUT2D eigenvalue weighted by Gasteiger charge is 2.19. The van der Waals surface area contributed by atoms with E-state index in [1.807, 2.05) is 0 Å². The first-order chi connectivity index (χ1) is 41.0. The van der Waals surface area contributed by atoms with Gasteiger partial charge in [-0.2, -0.15) is 0 Å². The minimum atomic E-state index is -0.811. The van der Waals surface area contributed by atoms with Crippen molar-refractivity contribution in [1.29, 1.82) is 0 Å². The highest BCUT2D eigenvalue weighted by Crippen LogP contribution is 2.15. The molecule has 6 nitrogen and oxygen atoms in total. The lowest BCUT2D eigenvalue weighted by Gasteiger charge is -2.18. The number of allylic oxidation sites excluding steroid dienone is 24. The number of carbonyl (C=O) groups excluding carboxylic acids is 3. The van der Waals surface area contributed by atoms with E-state index in [0.717, 1.165) is 135 Å². The van der Waals surface area contributed by atoms with E-state index >= 15 is 0 Å². The zero-order chi connectivity index (χ0) is 59.9. The molecule has 0 spiro atoms. The summed E-state index contributed by atoms with van der Waals surface area (Å²) >= 11 is 0.